The fraction of sp³-hybridized carbons (Fsp3) is 0.364. The number of ether oxygens (including phenoxy) is 1. The van der Waals surface area contributed by atoms with E-state index in [1.165, 1.54) is 13.1 Å². The molecule has 7 heteroatoms. The van der Waals surface area contributed by atoms with E-state index in [1.54, 1.807) is 25.1 Å². The molecule has 2 N–H and O–H groups in total. The lowest BCUT2D eigenvalue weighted by Crippen LogP contribution is -2.22. The van der Waals surface area contributed by atoms with E-state index in [2.05, 4.69) is 10.0 Å². The van der Waals surface area contributed by atoms with Gasteiger partial charge in [-0.25, -0.2) is 13.1 Å². The lowest BCUT2D eigenvalue weighted by molar-refractivity contribution is -0.140. The van der Waals surface area contributed by atoms with Crippen LogP contribution in [0.3, 0.4) is 0 Å². The van der Waals surface area contributed by atoms with Crippen molar-refractivity contribution in [2.75, 3.05) is 25.5 Å². The summed E-state index contributed by atoms with van der Waals surface area (Å²) in [5.74, 6) is -0.436. The highest BCUT2D eigenvalue weighted by Gasteiger charge is 2.16. The minimum Gasteiger partial charge on any atom is -0.465 e. The van der Waals surface area contributed by atoms with E-state index < -0.39 is 16.0 Å². The number of esters is 1. The summed E-state index contributed by atoms with van der Waals surface area (Å²) in [7, 11) is -2.22. The summed E-state index contributed by atoms with van der Waals surface area (Å²) in [6.07, 6.45) is 0. The average Bonchev–Trinajstić information content (AvgIpc) is 2.37. The molecule has 1 aromatic carbocycles. The average molecular weight is 272 g/mol. The molecule has 0 radical (unpaired) electrons. The first-order valence-electron chi connectivity index (χ1n) is 5.43. The highest BCUT2D eigenvalue weighted by molar-refractivity contribution is 7.89. The lowest BCUT2D eigenvalue weighted by Gasteiger charge is -2.11. The second-order valence-electron chi connectivity index (χ2n) is 3.36. The van der Waals surface area contributed by atoms with Crippen molar-refractivity contribution in [1.29, 1.82) is 0 Å². The van der Waals surface area contributed by atoms with Gasteiger partial charge in [0.05, 0.1) is 12.3 Å². The fourth-order valence-electron chi connectivity index (χ4n) is 1.34. The number of hydrogen-bond donors (Lipinski definition) is 2. The zero-order valence-corrected chi connectivity index (χ0v) is 11.1. The maximum absolute atomic E-state index is 11.7. The topological polar surface area (TPSA) is 84.5 Å². The zero-order chi connectivity index (χ0) is 13.6. The monoisotopic (exact) mass is 272 g/mol. The molecule has 0 bridgehead atoms. The van der Waals surface area contributed by atoms with Crippen LogP contribution in [0, 0.1) is 0 Å². The van der Waals surface area contributed by atoms with E-state index in [0.717, 1.165) is 0 Å². The van der Waals surface area contributed by atoms with Gasteiger partial charge in [0.25, 0.3) is 0 Å². The molecule has 1 rings (SSSR count). The number of nitrogens with one attached hydrogen (secondary N) is 2. The molecule has 0 aromatic heterocycles. The Morgan fingerprint density at radius 2 is 2.00 bits per heavy atom. The molecular weight excluding hydrogens is 256 g/mol. The van der Waals surface area contributed by atoms with E-state index in [9.17, 15) is 13.2 Å². The third-order valence-electron chi connectivity index (χ3n) is 2.17. The molecule has 0 saturated carbocycles. The van der Waals surface area contributed by atoms with Gasteiger partial charge in [0, 0.05) is 0 Å². The Morgan fingerprint density at radius 3 is 2.61 bits per heavy atom. The Hall–Kier alpha value is -1.60. The third-order valence-corrected chi connectivity index (χ3v) is 3.65. The van der Waals surface area contributed by atoms with Crippen molar-refractivity contribution in [3.8, 4) is 0 Å². The van der Waals surface area contributed by atoms with Crippen LogP contribution in [-0.2, 0) is 19.6 Å². The maximum Gasteiger partial charge on any atom is 0.325 e. The second-order valence-corrected chi connectivity index (χ2v) is 5.22. The van der Waals surface area contributed by atoms with Crippen LogP contribution < -0.4 is 10.0 Å². The molecule has 0 aliphatic rings. The summed E-state index contributed by atoms with van der Waals surface area (Å²) >= 11 is 0. The summed E-state index contributed by atoms with van der Waals surface area (Å²) in [5.41, 5.74) is 0.361. The van der Waals surface area contributed by atoms with Crippen LogP contribution in [0.1, 0.15) is 6.92 Å². The minimum absolute atomic E-state index is 0.0793. The standard InChI is InChI=1S/C11H16N2O4S/c1-3-17-11(14)8-13-9-6-4-5-7-10(9)18(15,16)12-2/h4-7,12-13H,3,8H2,1-2H3. The van der Waals surface area contributed by atoms with Gasteiger partial charge in [-0.05, 0) is 26.1 Å². The number of carbonyl (C=O) groups excluding carboxylic acids is 1. The Kier molecular flexibility index (Phi) is 5.11. The molecule has 0 spiro atoms. The highest BCUT2D eigenvalue weighted by atomic mass is 32.2. The van der Waals surface area contributed by atoms with Crippen LogP contribution in [0.25, 0.3) is 0 Å². The largest absolute Gasteiger partial charge is 0.465 e. The van der Waals surface area contributed by atoms with Crippen LogP contribution >= 0.6 is 0 Å². The normalized spacial score (nSPS) is 11.0. The van der Waals surface area contributed by atoms with Gasteiger partial charge in [0.1, 0.15) is 11.4 Å². The van der Waals surface area contributed by atoms with Crippen molar-refractivity contribution >= 4 is 21.7 Å². The van der Waals surface area contributed by atoms with Gasteiger partial charge in [-0.3, -0.25) is 4.79 Å². The van der Waals surface area contributed by atoms with Crippen LogP contribution in [0.15, 0.2) is 29.2 Å². The van der Waals surface area contributed by atoms with Gasteiger partial charge < -0.3 is 10.1 Å². The van der Waals surface area contributed by atoms with E-state index in [4.69, 9.17) is 4.74 Å². The van der Waals surface area contributed by atoms with Crippen LogP contribution in [-0.4, -0.2) is 34.6 Å². The Balaban J connectivity index is 2.87. The molecule has 0 atom stereocenters. The number of benzene rings is 1. The van der Waals surface area contributed by atoms with Gasteiger partial charge in [0.2, 0.25) is 10.0 Å². The molecule has 100 valence electrons. The summed E-state index contributed by atoms with van der Waals surface area (Å²) < 4.78 is 30.4. The predicted molar refractivity (Wildman–Crippen MR) is 67.8 cm³/mol. The quantitative estimate of drug-likeness (QED) is 0.740. The van der Waals surface area contributed by atoms with Crippen molar-refractivity contribution in [2.45, 2.75) is 11.8 Å². The van der Waals surface area contributed by atoms with Crippen molar-refractivity contribution < 1.29 is 17.9 Å². The molecule has 0 amide bonds. The SMILES string of the molecule is CCOC(=O)CNc1ccccc1S(=O)(=O)NC. The first-order valence-corrected chi connectivity index (χ1v) is 6.91. The van der Waals surface area contributed by atoms with Gasteiger partial charge in [-0.1, -0.05) is 12.1 Å². The van der Waals surface area contributed by atoms with Gasteiger partial charge >= 0.3 is 5.97 Å². The molecule has 0 aliphatic carbocycles. The molecule has 0 heterocycles. The molecule has 1 aromatic rings. The summed E-state index contributed by atoms with van der Waals surface area (Å²) in [6.45, 7) is 1.92. The van der Waals surface area contributed by atoms with E-state index in [-0.39, 0.29) is 18.0 Å². The Bertz CT molecular complexity index is 514. The van der Waals surface area contributed by atoms with E-state index >= 15 is 0 Å². The summed E-state index contributed by atoms with van der Waals surface area (Å²) in [4.78, 5) is 11.3. The van der Waals surface area contributed by atoms with Gasteiger partial charge in [-0.2, -0.15) is 0 Å². The predicted octanol–water partition coefficient (Wildman–Crippen LogP) is 0.570. The maximum atomic E-state index is 11.7. The number of rotatable bonds is 6. The summed E-state index contributed by atoms with van der Waals surface area (Å²) in [5, 5.41) is 2.74. The first kappa shape index (κ1) is 14.5. The van der Waals surface area contributed by atoms with E-state index in [1.807, 2.05) is 0 Å². The van der Waals surface area contributed by atoms with Gasteiger partial charge in [-0.15, -0.1) is 0 Å². The van der Waals surface area contributed by atoms with Crippen LogP contribution in [0.2, 0.25) is 0 Å². The zero-order valence-electron chi connectivity index (χ0n) is 10.3. The molecule has 0 aliphatic heterocycles. The molecule has 18 heavy (non-hydrogen) atoms. The number of carbonyl (C=O) groups is 1. The minimum atomic E-state index is -3.55. The number of anilines is 1. The van der Waals surface area contributed by atoms with E-state index in [0.29, 0.717) is 5.69 Å². The first-order chi connectivity index (χ1) is 8.51. The highest BCUT2D eigenvalue weighted by Crippen LogP contribution is 2.19. The van der Waals surface area contributed by atoms with Gasteiger partial charge in [0.15, 0.2) is 0 Å². The Labute approximate surface area is 106 Å². The van der Waals surface area contributed by atoms with Crippen LogP contribution in [0.5, 0.6) is 0 Å². The number of hydrogen-bond acceptors (Lipinski definition) is 5. The van der Waals surface area contributed by atoms with Crippen LogP contribution in [0.4, 0.5) is 5.69 Å². The summed E-state index contributed by atoms with van der Waals surface area (Å²) in [6, 6.07) is 6.34. The smallest absolute Gasteiger partial charge is 0.325 e. The Morgan fingerprint density at radius 1 is 1.33 bits per heavy atom. The van der Waals surface area contributed by atoms with Crippen molar-refractivity contribution in [1.82, 2.24) is 4.72 Å². The molecular formula is C11H16N2O4S. The molecule has 0 saturated heterocycles. The number of para-hydroxylation sites is 1. The second kappa shape index (κ2) is 6.36. The molecule has 0 fully saturated rings. The third kappa shape index (κ3) is 3.71. The van der Waals surface area contributed by atoms with Crippen molar-refractivity contribution in [2.24, 2.45) is 0 Å². The molecule has 6 nitrogen and oxygen atoms in total. The van der Waals surface area contributed by atoms with Crippen molar-refractivity contribution in [3.63, 3.8) is 0 Å². The molecule has 0 unspecified atom stereocenters. The number of sulfonamides is 1. The lowest BCUT2D eigenvalue weighted by atomic mass is 10.3. The fourth-order valence-corrected chi connectivity index (χ4v) is 2.24. The van der Waals surface area contributed by atoms with Crippen molar-refractivity contribution in [3.05, 3.63) is 24.3 Å².